The number of nitrogens with one attached hydrogen (secondary N) is 2. The molecule has 122 valence electrons. The largest absolute Gasteiger partial charge is 0.373 e. The molecule has 5 nitrogen and oxygen atoms in total. The summed E-state index contributed by atoms with van der Waals surface area (Å²) < 4.78 is 5.80. The molecule has 2 atom stereocenters. The van der Waals surface area contributed by atoms with Gasteiger partial charge < -0.3 is 15.4 Å². The van der Waals surface area contributed by atoms with Crippen LogP contribution in [0.2, 0.25) is 0 Å². The third-order valence-corrected chi connectivity index (χ3v) is 4.68. The molecule has 0 saturated carbocycles. The van der Waals surface area contributed by atoms with Crippen LogP contribution in [0.3, 0.4) is 0 Å². The summed E-state index contributed by atoms with van der Waals surface area (Å²) in [5.41, 5.74) is -0.0329. The monoisotopic (exact) mass is 297 g/mol. The molecule has 21 heavy (non-hydrogen) atoms. The molecule has 0 radical (unpaired) electrons. The minimum atomic E-state index is -0.0329. The van der Waals surface area contributed by atoms with Crippen molar-refractivity contribution in [3.05, 3.63) is 0 Å². The molecule has 2 N–H and O–H groups in total. The molecule has 0 aliphatic carbocycles. The summed E-state index contributed by atoms with van der Waals surface area (Å²) in [7, 11) is 0. The van der Waals surface area contributed by atoms with Crippen molar-refractivity contribution in [2.45, 2.75) is 58.3 Å². The second kappa shape index (κ2) is 7.07. The molecule has 1 amide bonds. The van der Waals surface area contributed by atoms with E-state index in [1.165, 1.54) is 0 Å². The number of nitrogens with zero attached hydrogens (tertiary/aromatic N) is 1. The van der Waals surface area contributed by atoms with E-state index in [1.807, 2.05) is 0 Å². The first-order valence-corrected chi connectivity index (χ1v) is 8.27. The number of carbonyl (C=O) groups excluding carboxylic acids is 1. The lowest BCUT2D eigenvalue weighted by Gasteiger charge is -2.45. The molecule has 2 aliphatic heterocycles. The van der Waals surface area contributed by atoms with Gasteiger partial charge in [-0.2, -0.15) is 0 Å². The summed E-state index contributed by atoms with van der Waals surface area (Å²) in [4.78, 5) is 14.7. The van der Waals surface area contributed by atoms with E-state index in [0.717, 1.165) is 39.0 Å². The van der Waals surface area contributed by atoms with Gasteiger partial charge in [0.25, 0.3) is 0 Å². The van der Waals surface area contributed by atoms with Crippen LogP contribution in [-0.2, 0) is 9.53 Å². The van der Waals surface area contributed by atoms with E-state index < -0.39 is 0 Å². The van der Waals surface area contributed by atoms with Gasteiger partial charge in [-0.25, -0.2) is 0 Å². The fourth-order valence-corrected chi connectivity index (χ4v) is 3.32. The Morgan fingerprint density at radius 3 is 2.38 bits per heavy atom. The van der Waals surface area contributed by atoms with E-state index in [1.54, 1.807) is 0 Å². The Bertz CT molecular complexity index is 343. The highest BCUT2D eigenvalue weighted by atomic mass is 16.5. The Balaban J connectivity index is 1.83. The van der Waals surface area contributed by atoms with Crippen molar-refractivity contribution >= 4 is 5.91 Å². The first kappa shape index (κ1) is 16.7. The number of morpholine rings is 1. The molecule has 2 aliphatic rings. The molecule has 2 rings (SSSR count). The van der Waals surface area contributed by atoms with Gasteiger partial charge in [-0.05, 0) is 53.6 Å². The van der Waals surface area contributed by atoms with Crippen molar-refractivity contribution in [1.82, 2.24) is 15.5 Å². The average molecular weight is 297 g/mol. The third kappa shape index (κ3) is 4.66. The van der Waals surface area contributed by atoms with Crippen LogP contribution >= 0.6 is 0 Å². The maximum absolute atomic E-state index is 12.3. The van der Waals surface area contributed by atoms with Crippen LogP contribution in [0.25, 0.3) is 0 Å². The molecule has 0 aromatic rings. The van der Waals surface area contributed by atoms with Gasteiger partial charge in [-0.15, -0.1) is 0 Å². The minimum Gasteiger partial charge on any atom is -0.373 e. The molecule has 0 aromatic heterocycles. The van der Waals surface area contributed by atoms with Gasteiger partial charge in [-0.1, -0.05) is 0 Å². The summed E-state index contributed by atoms with van der Waals surface area (Å²) in [6.45, 7) is 13.1. The summed E-state index contributed by atoms with van der Waals surface area (Å²) in [6, 6.07) is 0. The Kier molecular flexibility index (Phi) is 5.63. The molecule has 2 heterocycles. The quantitative estimate of drug-likeness (QED) is 0.812. The Morgan fingerprint density at radius 1 is 1.24 bits per heavy atom. The Morgan fingerprint density at radius 2 is 1.81 bits per heavy atom. The van der Waals surface area contributed by atoms with Crippen molar-refractivity contribution in [3.8, 4) is 0 Å². The maximum atomic E-state index is 12.3. The minimum absolute atomic E-state index is 0.0329. The Hall–Kier alpha value is -0.650. The maximum Gasteiger partial charge on any atom is 0.223 e. The third-order valence-electron chi connectivity index (χ3n) is 4.68. The van der Waals surface area contributed by atoms with Crippen LogP contribution in [0, 0.1) is 5.92 Å². The highest BCUT2D eigenvalue weighted by Gasteiger charge is 2.34. The molecular formula is C16H31N3O2. The Labute approximate surface area is 128 Å². The van der Waals surface area contributed by atoms with Crippen LogP contribution in [0.5, 0.6) is 0 Å². The molecule has 2 fully saturated rings. The fraction of sp³-hybridized carbons (Fsp3) is 0.938. The highest BCUT2D eigenvalue weighted by Crippen LogP contribution is 2.21. The highest BCUT2D eigenvalue weighted by molar-refractivity contribution is 5.78. The zero-order valence-electron chi connectivity index (χ0n) is 13.9. The number of hydrogen-bond donors (Lipinski definition) is 2. The smallest absolute Gasteiger partial charge is 0.223 e. The summed E-state index contributed by atoms with van der Waals surface area (Å²) in [5.74, 6) is 0.406. The topological polar surface area (TPSA) is 53.6 Å². The van der Waals surface area contributed by atoms with Crippen molar-refractivity contribution in [3.63, 3.8) is 0 Å². The lowest BCUT2D eigenvalue weighted by Crippen LogP contribution is -2.59. The lowest BCUT2D eigenvalue weighted by molar-refractivity contribution is -0.127. The van der Waals surface area contributed by atoms with E-state index in [4.69, 9.17) is 4.74 Å². The first-order chi connectivity index (χ1) is 9.88. The number of hydrogen-bond acceptors (Lipinski definition) is 4. The predicted octanol–water partition coefficient (Wildman–Crippen LogP) is 0.990. The van der Waals surface area contributed by atoms with Gasteiger partial charge in [0.15, 0.2) is 0 Å². The van der Waals surface area contributed by atoms with Crippen molar-refractivity contribution in [1.29, 1.82) is 0 Å². The van der Waals surface area contributed by atoms with Gasteiger partial charge in [0.1, 0.15) is 0 Å². The number of amides is 1. The molecule has 0 aromatic carbocycles. The van der Waals surface area contributed by atoms with E-state index >= 15 is 0 Å². The summed E-state index contributed by atoms with van der Waals surface area (Å²) in [5, 5.41) is 6.47. The van der Waals surface area contributed by atoms with E-state index in [0.29, 0.717) is 6.54 Å². The van der Waals surface area contributed by atoms with Crippen LogP contribution in [0.15, 0.2) is 0 Å². The molecule has 2 unspecified atom stereocenters. The van der Waals surface area contributed by atoms with Gasteiger partial charge in [0.2, 0.25) is 5.91 Å². The SMILES string of the molecule is CC1CN(C(C)(C)CNC(=O)C2CCNCC2)CC(C)O1. The van der Waals surface area contributed by atoms with Crippen LogP contribution < -0.4 is 10.6 Å². The van der Waals surface area contributed by atoms with Gasteiger partial charge >= 0.3 is 0 Å². The van der Waals surface area contributed by atoms with Gasteiger partial charge in [0, 0.05) is 31.1 Å². The average Bonchev–Trinajstić information content (AvgIpc) is 2.45. The predicted molar refractivity (Wildman–Crippen MR) is 84.3 cm³/mol. The van der Waals surface area contributed by atoms with Crippen LogP contribution in [0.4, 0.5) is 0 Å². The molecule has 0 spiro atoms. The van der Waals surface area contributed by atoms with Crippen molar-refractivity contribution in [2.24, 2.45) is 5.92 Å². The standard InChI is InChI=1S/C16H31N3O2/c1-12-9-19(10-13(2)21-12)16(3,4)11-18-15(20)14-5-7-17-8-6-14/h12-14,17H,5-11H2,1-4H3,(H,18,20). The van der Waals surface area contributed by atoms with Crippen molar-refractivity contribution < 1.29 is 9.53 Å². The van der Waals surface area contributed by atoms with E-state index in [9.17, 15) is 4.79 Å². The molecular weight excluding hydrogens is 266 g/mol. The second-order valence-electron chi connectivity index (χ2n) is 7.22. The normalized spacial score (nSPS) is 29.3. The summed E-state index contributed by atoms with van der Waals surface area (Å²) >= 11 is 0. The van der Waals surface area contributed by atoms with E-state index in [2.05, 4.69) is 43.2 Å². The second-order valence-corrected chi connectivity index (χ2v) is 7.22. The fourth-order valence-electron chi connectivity index (χ4n) is 3.32. The molecule has 2 saturated heterocycles. The zero-order chi connectivity index (χ0) is 15.5. The molecule has 5 heteroatoms. The number of piperidine rings is 1. The van der Waals surface area contributed by atoms with Crippen molar-refractivity contribution in [2.75, 3.05) is 32.7 Å². The molecule has 0 bridgehead atoms. The van der Waals surface area contributed by atoms with Crippen LogP contribution in [0.1, 0.15) is 40.5 Å². The van der Waals surface area contributed by atoms with Crippen LogP contribution in [-0.4, -0.2) is 61.3 Å². The van der Waals surface area contributed by atoms with Gasteiger partial charge in [-0.3, -0.25) is 9.69 Å². The number of rotatable bonds is 4. The lowest BCUT2D eigenvalue weighted by atomic mass is 9.95. The summed E-state index contributed by atoms with van der Waals surface area (Å²) in [6.07, 6.45) is 2.43. The zero-order valence-corrected chi connectivity index (χ0v) is 13.9. The number of carbonyl (C=O) groups is 1. The first-order valence-electron chi connectivity index (χ1n) is 8.27. The van der Waals surface area contributed by atoms with Gasteiger partial charge in [0.05, 0.1) is 12.2 Å². The van der Waals surface area contributed by atoms with E-state index in [-0.39, 0.29) is 29.6 Å². The number of ether oxygens (including phenoxy) is 1.